The van der Waals surface area contributed by atoms with E-state index in [1.165, 1.54) is 0 Å². The number of cyclic esters (lactones) is 1. The van der Waals surface area contributed by atoms with Crippen LogP contribution in [-0.2, 0) is 52.7 Å². The molecule has 20 nitrogen and oxygen atoms in total. The van der Waals surface area contributed by atoms with Crippen LogP contribution >= 0.6 is 0 Å². The van der Waals surface area contributed by atoms with Gasteiger partial charge in [-0.25, -0.2) is 4.79 Å². The minimum Gasteiger partial charge on any atom is -0.481 e. The first kappa shape index (κ1) is 65.7. The third-order valence-corrected chi connectivity index (χ3v) is 13.7. The number of unbranched alkanes of at least 4 members (excludes halogenated alkanes) is 5. The topological polar surface area (TPSA) is 305 Å². The summed E-state index contributed by atoms with van der Waals surface area (Å²) in [4.78, 5) is 137. The molecule has 0 radical (unpaired) electrons. The monoisotopic (exact) mass is 1040 g/mol. The van der Waals surface area contributed by atoms with E-state index in [2.05, 4.69) is 51.1 Å². The van der Waals surface area contributed by atoms with Crippen molar-refractivity contribution >= 4 is 59.3 Å². The van der Waals surface area contributed by atoms with Crippen LogP contribution in [0.15, 0.2) is 0 Å². The molecule has 7 amide bonds. The molecule has 0 aromatic carbocycles. The Morgan fingerprint density at radius 2 is 0.959 bits per heavy atom. The van der Waals surface area contributed by atoms with Crippen LogP contribution in [0.3, 0.4) is 0 Å². The van der Waals surface area contributed by atoms with E-state index < -0.39 is 145 Å². The van der Waals surface area contributed by atoms with Crippen LogP contribution in [-0.4, -0.2) is 118 Å². The molecule has 2 unspecified atom stereocenters. The van der Waals surface area contributed by atoms with Gasteiger partial charge in [0.15, 0.2) is 0 Å². The molecule has 1 rings (SSSR count). The number of amides is 7. The van der Waals surface area contributed by atoms with Gasteiger partial charge in [-0.05, 0) is 67.6 Å². The Morgan fingerprint density at radius 1 is 0.507 bits per heavy atom. The molecule has 1 heterocycles. The fourth-order valence-electron chi connectivity index (χ4n) is 8.47. The molecule has 1 aliphatic rings. The standard InChI is InChI=1S/C53H93N7O13/c1-13-33(10)22-20-18-16-17-19-21-23-36-28-41(61)54-37(24-25-42(62)63)47(66)59-45(34(11)14-2)52(71)56-39(27-31(6)7)49(68)58-44(32(8)9)51(70)57-40(29-43(64)65)48(67)55-38(26-30(4)5)50(69)60-46(35(12)15-3)53(72)73-36/h30-40,44-46H,13-29H2,1-12H3,(H,54,61)(H,55,67)(H,56,71)(H,57,70)(H,58,68)(H,59,66)(H,60,69)(H,62,63)(H,64,65)/t33?,34-,35+,36?,37-,38+,39+,40-,44-,45-,46-/m1/s1. The van der Waals surface area contributed by atoms with Gasteiger partial charge in [-0.2, -0.15) is 0 Å². The third-order valence-electron chi connectivity index (χ3n) is 13.7. The molecule has 20 heteroatoms. The molecule has 0 aliphatic carbocycles. The maximum atomic E-state index is 14.3. The number of rotatable bonds is 24. The average molecular weight is 1040 g/mol. The van der Waals surface area contributed by atoms with E-state index in [1.807, 2.05) is 0 Å². The largest absolute Gasteiger partial charge is 0.481 e. The summed E-state index contributed by atoms with van der Waals surface area (Å²) in [5.74, 6) is -10.8. The Balaban J connectivity index is 3.98. The molecule has 73 heavy (non-hydrogen) atoms. The number of esters is 1. The van der Waals surface area contributed by atoms with Gasteiger partial charge in [0, 0.05) is 6.42 Å². The lowest BCUT2D eigenvalue weighted by atomic mass is 9.95. The Bertz CT molecular complexity index is 1810. The second-order valence-electron chi connectivity index (χ2n) is 21.5. The highest BCUT2D eigenvalue weighted by Gasteiger charge is 2.38. The fraction of sp³-hybridized carbons (Fsp3) is 0.811. The number of ether oxygens (including phenoxy) is 1. The van der Waals surface area contributed by atoms with Crippen molar-refractivity contribution in [1.29, 1.82) is 0 Å². The maximum Gasteiger partial charge on any atom is 0.329 e. The first-order valence-corrected chi connectivity index (χ1v) is 27.0. The molecule has 0 aromatic rings. The van der Waals surface area contributed by atoms with E-state index in [0.29, 0.717) is 25.2 Å². The quantitative estimate of drug-likeness (QED) is 0.0453. The number of carboxylic acid groups (broad SMARTS) is 2. The number of hydrogen-bond donors (Lipinski definition) is 9. The highest BCUT2D eigenvalue weighted by molar-refractivity contribution is 5.98. The van der Waals surface area contributed by atoms with Crippen LogP contribution in [0.1, 0.15) is 192 Å². The summed E-state index contributed by atoms with van der Waals surface area (Å²) in [6, 6.07) is -9.68. The van der Waals surface area contributed by atoms with Gasteiger partial charge in [0.1, 0.15) is 48.4 Å². The van der Waals surface area contributed by atoms with Gasteiger partial charge < -0.3 is 52.2 Å². The minimum atomic E-state index is -1.72. The van der Waals surface area contributed by atoms with Crippen LogP contribution < -0.4 is 37.2 Å². The number of carbonyl (C=O) groups is 10. The van der Waals surface area contributed by atoms with E-state index in [9.17, 15) is 58.2 Å². The number of carbonyl (C=O) groups excluding carboxylic acids is 8. The lowest BCUT2D eigenvalue weighted by Crippen LogP contribution is -2.61. The molecule has 1 aliphatic heterocycles. The molecule has 0 spiro atoms. The second kappa shape index (κ2) is 34.2. The van der Waals surface area contributed by atoms with E-state index in [1.54, 1.807) is 69.2 Å². The minimum absolute atomic E-state index is 0.0379. The number of carboxylic acids is 2. The van der Waals surface area contributed by atoms with Crippen LogP contribution in [0, 0.1) is 35.5 Å². The van der Waals surface area contributed by atoms with Gasteiger partial charge in [-0.1, -0.05) is 141 Å². The zero-order valence-electron chi connectivity index (χ0n) is 46.0. The number of nitrogens with one attached hydrogen (secondary N) is 7. The zero-order valence-corrected chi connectivity index (χ0v) is 46.0. The van der Waals surface area contributed by atoms with E-state index in [0.717, 1.165) is 44.9 Å². The molecule has 1 saturated heterocycles. The summed E-state index contributed by atoms with van der Waals surface area (Å²) < 4.78 is 6.07. The Kier molecular flexibility index (Phi) is 30.8. The third kappa shape index (κ3) is 25.5. The maximum absolute atomic E-state index is 14.3. The van der Waals surface area contributed by atoms with Crippen molar-refractivity contribution in [2.45, 2.75) is 241 Å². The Morgan fingerprint density at radius 3 is 1.47 bits per heavy atom. The van der Waals surface area contributed by atoms with Gasteiger partial charge in [-0.3, -0.25) is 43.2 Å². The smallest absolute Gasteiger partial charge is 0.329 e. The number of hydrogen-bond acceptors (Lipinski definition) is 11. The molecular formula is C53H93N7O13. The fourth-order valence-corrected chi connectivity index (χ4v) is 8.47. The van der Waals surface area contributed by atoms with Gasteiger partial charge in [-0.15, -0.1) is 0 Å². The lowest BCUT2D eigenvalue weighted by Gasteiger charge is -2.30. The first-order valence-electron chi connectivity index (χ1n) is 27.0. The molecule has 418 valence electrons. The summed E-state index contributed by atoms with van der Waals surface area (Å²) in [6.45, 7) is 21.8. The van der Waals surface area contributed by atoms with Crippen LogP contribution in [0.5, 0.6) is 0 Å². The van der Waals surface area contributed by atoms with Crippen molar-refractivity contribution in [2.24, 2.45) is 35.5 Å². The molecule has 0 saturated carbocycles. The highest BCUT2D eigenvalue weighted by Crippen LogP contribution is 2.20. The highest BCUT2D eigenvalue weighted by atomic mass is 16.5. The second-order valence-corrected chi connectivity index (χ2v) is 21.5. The molecule has 0 aromatic heterocycles. The van der Waals surface area contributed by atoms with Crippen molar-refractivity contribution in [1.82, 2.24) is 37.2 Å². The van der Waals surface area contributed by atoms with Crippen LogP contribution in [0.4, 0.5) is 0 Å². The van der Waals surface area contributed by atoms with Crippen molar-refractivity contribution in [3.05, 3.63) is 0 Å². The van der Waals surface area contributed by atoms with Crippen LogP contribution in [0.25, 0.3) is 0 Å². The summed E-state index contributed by atoms with van der Waals surface area (Å²) in [5.41, 5.74) is 0. The van der Waals surface area contributed by atoms with Gasteiger partial charge in [0.25, 0.3) is 0 Å². The van der Waals surface area contributed by atoms with Crippen molar-refractivity contribution in [3.63, 3.8) is 0 Å². The summed E-state index contributed by atoms with van der Waals surface area (Å²) in [5, 5.41) is 38.0. The SMILES string of the molecule is CCC(C)CCCCCCCCC1CC(=O)N[C@H](CCC(=O)O)C(=O)N[C@H]([C@H](C)CC)C(=O)N[C@@H](CC(C)C)C(=O)N[C@H](C(C)C)C(=O)N[C@H](CC(=O)O)C(=O)N[C@@H](CC(C)C)C(=O)N[C@H]([C@@H](C)CC)C(=O)O1. The summed E-state index contributed by atoms with van der Waals surface area (Å²) in [6.07, 6.45) is 5.55. The normalized spacial score (nSPS) is 25.1. The Hall–Kier alpha value is -5.30. The van der Waals surface area contributed by atoms with E-state index in [-0.39, 0.29) is 37.5 Å². The van der Waals surface area contributed by atoms with Gasteiger partial charge in [0.2, 0.25) is 41.4 Å². The van der Waals surface area contributed by atoms with Crippen LogP contribution in [0.2, 0.25) is 0 Å². The Labute approximate surface area is 434 Å². The van der Waals surface area contributed by atoms with Crippen molar-refractivity contribution in [3.8, 4) is 0 Å². The van der Waals surface area contributed by atoms with E-state index >= 15 is 0 Å². The van der Waals surface area contributed by atoms with Crippen molar-refractivity contribution < 1.29 is 62.9 Å². The van der Waals surface area contributed by atoms with E-state index in [4.69, 9.17) is 4.74 Å². The molecular weight excluding hydrogens is 943 g/mol. The first-order chi connectivity index (χ1) is 34.2. The number of aliphatic carboxylic acids is 2. The van der Waals surface area contributed by atoms with Crippen molar-refractivity contribution in [2.75, 3.05) is 0 Å². The zero-order chi connectivity index (χ0) is 55.5. The molecule has 9 N–H and O–H groups in total. The average Bonchev–Trinajstić information content (AvgIpc) is 3.30. The molecule has 11 atom stereocenters. The van der Waals surface area contributed by atoms with Gasteiger partial charge in [0.05, 0.1) is 12.8 Å². The molecule has 0 bridgehead atoms. The molecule has 1 fully saturated rings. The predicted molar refractivity (Wildman–Crippen MR) is 276 cm³/mol. The summed E-state index contributed by atoms with van der Waals surface area (Å²) in [7, 11) is 0. The van der Waals surface area contributed by atoms with Gasteiger partial charge >= 0.3 is 17.9 Å². The lowest BCUT2D eigenvalue weighted by molar-refractivity contribution is -0.156. The summed E-state index contributed by atoms with van der Waals surface area (Å²) >= 11 is 0. The predicted octanol–water partition coefficient (Wildman–Crippen LogP) is 5.04.